The Hall–Kier alpha value is -1.73. The average molecular weight is 325 g/mol. The zero-order valence-corrected chi connectivity index (χ0v) is 12.9. The Kier molecular flexibility index (Phi) is 5.89. The Morgan fingerprint density at radius 1 is 1.24 bits per heavy atom. The second-order valence-corrected chi connectivity index (χ2v) is 6.31. The van der Waals surface area contributed by atoms with E-state index in [2.05, 4.69) is 0 Å². The first-order valence-electron chi connectivity index (χ1n) is 6.27. The molecule has 1 amide bonds. The molecule has 1 N–H and O–H groups in total. The smallest absolute Gasteiger partial charge is 0.313 e. The van der Waals surface area contributed by atoms with Crippen molar-refractivity contribution in [1.82, 2.24) is 4.90 Å². The van der Waals surface area contributed by atoms with Crippen molar-refractivity contribution in [2.75, 3.05) is 11.5 Å². The van der Waals surface area contributed by atoms with Crippen LogP contribution in [0.25, 0.3) is 0 Å². The highest BCUT2D eigenvalue weighted by Gasteiger charge is 2.16. The molecule has 0 saturated heterocycles. The second kappa shape index (κ2) is 7.90. The van der Waals surface area contributed by atoms with Gasteiger partial charge in [-0.1, -0.05) is 6.07 Å². The van der Waals surface area contributed by atoms with Gasteiger partial charge in [0.15, 0.2) is 0 Å². The van der Waals surface area contributed by atoms with Gasteiger partial charge in [-0.15, -0.1) is 23.1 Å². The number of carbonyl (C=O) groups excluding carboxylic acids is 1. The van der Waals surface area contributed by atoms with Crippen molar-refractivity contribution < 1.29 is 19.1 Å². The van der Waals surface area contributed by atoms with Crippen LogP contribution in [0.4, 0.5) is 0 Å². The highest BCUT2D eigenvalue weighted by Crippen LogP contribution is 2.16. The molecule has 2 aromatic heterocycles. The van der Waals surface area contributed by atoms with Crippen LogP contribution in [0.1, 0.15) is 10.6 Å². The maximum absolute atomic E-state index is 12.3. The number of nitrogens with zero attached hydrogens (tertiary/aromatic N) is 1. The second-order valence-electron chi connectivity index (χ2n) is 4.30. The standard InChI is InChI=1S/C14H15NO4S2/c16-13(9-20-10-14(17)18)15(7-11-3-1-5-19-11)8-12-4-2-6-21-12/h1-6H,7-10H2,(H,17,18). The van der Waals surface area contributed by atoms with Crippen molar-refractivity contribution in [3.63, 3.8) is 0 Å². The van der Waals surface area contributed by atoms with Crippen LogP contribution in [0.5, 0.6) is 0 Å². The highest BCUT2D eigenvalue weighted by molar-refractivity contribution is 8.00. The third-order valence-electron chi connectivity index (χ3n) is 2.66. The molecule has 0 saturated carbocycles. The first-order valence-corrected chi connectivity index (χ1v) is 8.30. The Balaban J connectivity index is 1.96. The molecule has 112 valence electrons. The number of rotatable bonds is 8. The molecule has 0 aliphatic carbocycles. The number of carbonyl (C=O) groups is 2. The molecule has 0 spiro atoms. The molecule has 7 heteroatoms. The van der Waals surface area contributed by atoms with E-state index in [0.29, 0.717) is 18.8 Å². The maximum atomic E-state index is 12.3. The largest absolute Gasteiger partial charge is 0.481 e. The third kappa shape index (κ3) is 5.28. The summed E-state index contributed by atoms with van der Waals surface area (Å²) in [7, 11) is 0. The molecule has 0 aromatic carbocycles. The molecule has 0 aliphatic heterocycles. The summed E-state index contributed by atoms with van der Waals surface area (Å²) in [5.41, 5.74) is 0. The van der Waals surface area contributed by atoms with E-state index in [1.807, 2.05) is 23.6 Å². The van der Waals surface area contributed by atoms with E-state index < -0.39 is 5.97 Å². The first kappa shape index (κ1) is 15.7. The minimum absolute atomic E-state index is 0.0701. The van der Waals surface area contributed by atoms with Gasteiger partial charge in [-0.05, 0) is 23.6 Å². The minimum Gasteiger partial charge on any atom is -0.481 e. The average Bonchev–Trinajstić information content (AvgIpc) is 3.10. The van der Waals surface area contributed by atoms with Crippen LogP contribution in [-0.2, 0) is 22.7 Å². The lowest BCUT2D eigenvalue weighted by Gasteiger charge is -2.20. The zero-order valence-electron chi connectivity index (χ0n) is 11.2. The molecular formula is C14H15NO4S2. The highest BCUT2D eigenvalue weighted by atomic mass is 32.2. The molecule has 0 atom stereocenters. The van der Waals surface area contributed by atoms with Gasteiger partial charge < -0.3 is 14.4 Å². The van der Waals surface area contributed by atoms with E-state index in [1.54, 1.807) is 28.6 Å². The number of hydrogen-bond donors (Lipinski definition) is 1. The molecule has 0 aliphatic rings. The summed E-state index contributed by atoms with van der Waals surface area (Å²) >= 11 is 2.69. The van der Waals surface area contributed by atoms with Crippen molar-refractivity contribution >= 4 is 35.0 Å². The van der Waals surface area contributed by atoms with Crippen molar-refractivity contribution in [2.24, 2.45) is 0 Å². The normalized spacial score (nSPS) is 10.5. The van der Waals surface area contributed by atoms with Crippen molar-refractivity contribution in [3.8, 4) is 0 Å². The number of furan rings is 1. The van der Waals surface area contributed by atoms with Crippen LogP contribution in [0.3, 0.4) is 0 Å². The zero-order chi connectivity index (χ0) is 15.1. The van der Waals surface area contributed by atoms with Crippen LogP contribution in [0.15, 0.2) is 40.3 Å². The molecule has 2 aromatic rings. The fourth-order valence-electron chi connectivity index (χ4n) is 1.73. The van der Waals surface area contributed by atoms with E-state index in [0.717, 1.165) is 16.6 Å². The Bertz CT molecular complexity index is 530. The number of hydrogen-bond acceptors (Lipinski definition) is 5. The van der Waals surface area contributed by atoms with Gasteiger partial charge in [0.1, 0.15) is 5.76 Å². The van der Waals surface area contributed by atoms with Gasteiger partial charge in [0, 0.05) is 4.88 Å². The molecule has 2 heterocycles. The lowest BCUT2D eigenvalue weighted by Crippen LogP contribution is -2.31. The summed E-state index contributed by atoms with van der Waals surface area (Å²) in [5, 5.41) is 10.6. The number of thiophene rings is 1. The fraction of sp³-hybridized carbons (Fsp3) is 0.286. The van der Waals surface area contributed by atoms with Gasteiger partial charge in [0.2, 0.25) is 5.91 Å². The van der Waals surface area contributed by atoms with Gasteiger partial charge in [-0.3, -0.25) is 9.59 Å². The number of thioether (sulfide) groups is 1. The van der Waals surface area contributed by atoms with E-state index in [1.165, 1.54) is 0 Å². The van der Waals surface area contributed by atoms with Crippen molar-refractivity contribution in [3.05, 3.63) is 46.5 Å². The van der Waals surface area contributed by atoms with Crippen molar-refractivity contribution in [1.29, 1.82) is 0 Å². The fourth-order valence-corrected chi connectivity index (χ4v) is 3.08. The van der Waals surface area contributed by atoms with E-state index in [4.69, 9.17) is 9.52 Å². The monoisotopic (exact) mass is 325 g/mol. The quantitative estimate of drug-likeness (QED) is 0.808. The maximum Gasteiger partial charge on any atom is 0.313 e. The molecule has 0 bridgehead atoms. The lowest BCUT2D eigenvalue weighted by molar-refractivity contribution is -0.133. The van der Waals surface area contributed by atoms with Crippen LogP contribution >= 0.6 is 23.1 Å². The summed E-state index contributed by atoms with van der Waals surface area (Å²) in [5.74, 6) is -0.213. The molecule has 2 rings (SSSR count). The summed E-state index contributed by atoms with van der Waals surface area (Å²) < 4.78 is 5.28. The SMILES string of the molecule is O=C(O)CSCC(=O)N(Cc1ccco1)Cc1cccs1. The number of amides is 1. The van der Waals surface area contributed by atoms with Crippen molar-refractivity contribution in [2.45, 2.75) is 13.1 Å². The molecule has 0 radical (unpaired) electrons. The molecule has 21 heavy (non-hydrogen) atoms. The third-order valence-corrected chi connectivity index (χ3v) is 4.42. The predicted molar refractivity (Wildman–Crippen MR) is 82.2 cm³/mol. The van der Waals surface area contributed by atoms with Crippen LogP contribution < -0.4 is 0 Å². The van der Waals surface area contributed by atoms with Crippen LogP contribution in [-0.4, -0.2) is 33.4 Å². The summed E-state index contributed by atoms with van der Waals surface area (Å²) in [6.07, 6.45) is 1.57. The van der Waals surface area contributed by atoms with Crippen LogP contribution in [0, 0.1) is 0 Å². The Morgan fingerprint density at radius 3 is 2.71 bits per heavy atom. The topological polar surface area (TPSA) is 70.8 Å². The first-order chi connectivity index (χ1) is 10.1. The van der Waals surface area contributed by atoms with Gasteiger partial charge in [0.05, 0.1) is 30.9 Å². The molecule has 0 unspecified atom stereocenters. The number of carboxylic acid groups (broad SMARTS) is 1. The lowest BCUT2D eigenvalue weighted by atomic mass is 10.3. The predicted octanol–water partition coefficient (Wildman–Crippen LogP) is 2.69. The van der Waals surface area contributed by atoms with Gasteiger partial charge in [-0.2, -0.15) is 0 Å². The summed E-state index contributed by atoms with van der Waals surface area (Å²) in [4.78, 5) is 25.5. The van der Waals surface area contributed by atoms with E-state index >= 15 is 0 Å². The van der Waals surface area contributed by atoms with E-state index in [-0.39, 0.29) is 17.4 Å². The number of carboxylic acids is 1. The molecule has 0 fully saturated rings. The summed E-state index contributed by atoms with van der Waals surface area (Å²) in [6, 6.07) is 7.51. The minimum atomic E-state index is -0.913. The Morgan fingerprint density at radius 2 is 2.10 bits per heavy atom. The Labute approximate surface area is 130 Å². The van der Waals surface area contributed by atoms with Gasteiger partial charge in [0.25, 0.3) is 0 Å². The summed E-state index contributed by atoms with van der Waals surface area (Å²) in [6.45, 7) is 0.891. The van der Waals surface area contributed by atoms with Gasteiger partial charge in [-0.25, -0.2) is 0 Å². The van der Waals surface area contributed by atoms with Gasteiger partial charge >= 0.3 is 5.97 Å². The molecular weight excluding hydrogens is 310 g/mol. The van der Waals surface area contributed by atoms with Crippen LogP contribution in [0.2, 0.25) is 0 Å². The number of aliphatic carboxylic acids is 1. The van der Waals surface area contributed by atoms with E-state index in [9.17, 15) is 9.59 Å². The molecule has 5 nitrogen and oxygen atoms in total.